The number of benzene rings is 1. The topological polar surface area (TPSA) is 22.0 Å². The van der Waals surface area contributed by atoms with Crippen LogP contribution in [0.25, 0.3) is 11.1 Å². The largest absolute Gasteiger partial charge is 0.356 e. The van der Waals surface area contributed by atoms with Crippen molar-refractivity contribution in [2.45, 2.75) is 6.92 Å². The molecule has 1 aromatic carbocycles. The number of halogens is 1. The number of pyridine rings is 1. The van der Waals surface area contributed by atoms with E-state index in [4.69, 9.17) is 0 Å². The molecule has 0 fully saturated rings. The van der Waals surface area contributed by atoms with Crippen LogP contribution in [0.2, 0.25) is 0 Å². The molecule has 0 atom stereocenters. The van der Waals surface area contributed by atoms with Crippen molar-refractivity contribution in [3.8, 4) is 11.1 Å². The van der Waals surface area contributed by atoms with Crippen molar-refractivity contribution in [1.82, 2.24) is 4.57 Å². The average Bonchev–Trinajstić information content (AvgIpc) is 2.25. The number of aryl methyl sites for hydroxylation is 2. The van der Waals surface area contributed by atoms with Gasteiger partial charge in [-0.05, 0) is 24.6 Å². The molecule has 3 heteroatoms. The quantitative estimate of drug-likeness (QED) is 0.719. The SMILES string of the molecule is Cc1cn(C)cc(-c2ccc(F)cc2)c1=O. The third-order valence-corrected chi connectivity index (χ3v) is 2.49. The van der Waals surface area contributed by atoms with Gasteiger partial charge in [-0.1, -0.05) is 12.1 Å². The van der Waals surface area contributed by atoms with Gasteiger partial charge in [0.05, 0.1) is 0 Å². The zero-order valence-electron chi connectivity index (χ0n) is 9.20. The lowest BCUT2D eigenvalue weighted by Gasteiger charge is -2.05. The third-order valence-electron chi connectivity index (χ3n) is 2.49. The second-order valence-electron chi connectivity index (χ2n) is 3.86. The highest BCUT2D eigenvalue weighted by molar-refractivity contribution is 5.62. The van der Waals surface area contributed by atoms with E-state index in [0.717, 1.165) is 5.56 Å². The van der Waals surface area contributed by atoms with Crippen LogP contribution < -0.4 is 5.43 Å². The molecule has 0 unspecified atom stereocenters. The van der Waals surface area contributed by atoms with Gasteiger partial charge in [0.1, 0.15) is 5.82 Å². The van der Waals surface area contributed by atoms with E-state index in [1.807, 2.05) is 11.6 Å². The molecular weight excluding hydrogens is 205 g/mol. The summed E-state index contributed by atoms with van der Waals surface area (Å²) in [5.41, 5.74) is 2.02. The molecule has 2 rings (SSSR count). The van der Waals surface area contributed by atoms with Gasteiger partial charge in [0, 0.05) is 30.6 Å². The Kier molecular flexibility index (Phi) is 2.60. The van der Waals surface area contributed by atoms with Gasteiger partial charge in [0.15, 0.2) is 5.43 Å². The van der Waals surface area contributed by atoms with Crippen molar-refractivity contribution in [1.29, 1.82) is 0 Å². The molecule has 0 aliphatic rings. The molecule has 0 saturated heterocycles. The van der Waals surface area contributed by atoms with Crippen LogP contribution >= 0.6 is 0 Å². The zero-order valence-corrected chi connectivity index (χ0v) is 9.20. The summed E-state index contributed by atoms with van der Waals surface area (Å²) < 4.78 is 14.6. The van der Waals surface area contributed by atoms with Gasteiger partial charge < -0.3 is 4.57 Å². The predicted molar refractivity (Wildman–Crippen MR) is 61.8 cm³/mol. The minimum atomic E-state index is -0.298. The van der Waals surface area contributed by atoms with Crippen molar-refractivity contribution in [2.24, 2.45) is 7.05 Å². The molecule has 0 amide bonds. The smallest absolute Gasteiger partial charge is 0.192 e. The fraction of sp³-hybridized carbons (Fsp3) is 0.154. The Bertz CT molecular complexity index is 569. The van der Waals surface area contributed by atoms with Crippen molar-refractivity contribution in [2.75, 3.05) is 0 Å². The number of hydrogen-bond donors (Lipinski definition) is 0. The van der Waals surface area contributed by atoms with E-state index in [1.165, 1.54) is 12.1 Å². The van der Waals surface area contributed by atoms with Crippen molar-refractivity contribution in [3.63, 3.8) is 0 Å². The second kappa shape index (κ2) is 3.93. The molecule has 0 N–H and O–H groups in total. The lowest BCUT2D eigenvalue weighted by Crippen LogP contribution is -2.11. The lowest BCUT2D eigenvalue weighted by atomic mass is 10.1. The van der Waals surface area contributed by atoms with E-state index in [-0.39, 0.29) is 11.2 Å². The number of hydrogen-bond acceptors (Lipinski definition) is 1. The van der Waals surface area contributed by atoms with E-state index in [2.05, 4.69) is 0 Å². The molecule has 0 aliphatic heterocycles. The summed E-state index contributed by atoms with van der Waals surface area (Å²) in [6.07, 6.45) is 3.53. The summed E-state index contributed by atoms with van der Waals surface area (Å²) in [5.74, 6) is -0.298. The van der Waals surface area contributed by atoms with Crippen LogP contribution in [-0.4, -0.2) is 4.57 Å². The highest BCUT2D eigenvalue weighted by Crippen LogP contribution is 2.15. The molecule has 0 radical (unpaired) electrons. The Morgan fingerprint density at radius 1 is 1.12 bits per heavy atom. The Morgan fingerprint density at radius 2 is 1.75 bits per heavy atom. The standard InChI is InChI=1S/C13H12FNO/c1-9-7-15(2)8-12(13(9)16)10-3-5-11(14)6-4-10/h3-8H,1-2H3. The monoisotopic (exact) mass is 217 g/mol. The molecule has 2 nitrogen and oxygen atoms in total. The van der Waals surface area contributed by atoms with Gasteiger partial charge >= 0.3 is 0 Å². The Labute approximate surface area is 93.0 Å². The molecular formula is C13H12FNO. The van der Waals surface area contributed by atoms with Gasteiger partial charge in [-0.3, -0.25) is 4.79 Å². The van der Waals surface area contributed by atoms with Crippen LogP contribution in [-0.2, 0) is 7.05 Å². The van der Waals surface area contributed by atoms with E-state index in [1.54, 1.807) is 31.5 Å². The van der Waals surface area contributed by atoms with E-state index < -0.39 is 0 Å². The van der Waals surface area contributed by atoms with E-state index in [0.29, 0.717) is 11.1 Å². The first-order valence-corrected chi connectivity index (χ1v) is 5.01. The molecule has 1 aromatic heterocycles. The summed E-state index contributed by atoms with van der Waals surface area (Å²) in [6.45, 7) is 1.77. The second-order valence-corrected chi connectivity index (χ2v) is 3.86. The maximum Gasteiger partial charge on any atom is 0.192 e. The highest BCUT2D eigenvalue weighted by atomic mass is 19.1. The molecule has 82 valence electrons. The molecule has 0 spiro atoms. The Balaban J connectivity index is 2.64. The van der Waals surface area contributed by atoms with Gasteiger partial charge in [0.25, 0.3) is 0 Å². The first kappa shape index (κ1) is 10.6. The number of rotatable bonds is 1. The number of aromatic nitrogens is 1. The van der Waals surface area contributed by atoms with Crippen molar-refractivity contribution < 1.29 is 4.39 Å². The number of nitrogens with zero attached hydrogens (tertiary/aromatic N) is 1. The maximum atomic E-state index is 12.8. The first-order valence-electron chi connectivity index (χ1n) is 5.01. The van der Waals surface area contributed by atoms with Gasteiger partial charge in [-0.2, -0.15) is 0 Å². The average molecular weight is 217 g/mol. The third kappa shape index (κ3) is 1.89. The van der Waals surface area contributed by atoms with Crippen LogP contribution in [0.1, 0.15) is 5.56 Å². The van der Waals surface area contributed by atoms with Crippen LogP contribution in [0.3, 0.4) is 0 Å². The Hall–Kier alpha value is -1.90. The summed E-state index contributed by atoms with van der Waals surface area (Å²) in [7, 11) is 1.86. The summed E-state index contributed by atoms with van der Waals surface area (Å²) in [6, 6.07) is 5.95. The summed E-state index contributed by atoms with van der Waals surface area (Å²) in [5, 5.41) is 0. The minimum Gasteiger partial charge on any atom is -0.356 e. The van der Waals surface area contributed by atoms with Gasteiger partial charge in [-0.25, -0.2) is 4.39 Å². The first-order chi connectivity index (χ1) is 7.58. The molecule has 1 heterocycles. The molecule has 0 bridgehead atoms. The lowest BCUT2D eigenvalue weighted by molar-refractivity contribution is 0.628. The fourth-order valence-electron chi connectivity index (χ4n) is 1.71. The molecule has 0 saturated carbocycles. The van der Waals surface area contributed by atoms with Crippen LogP contribution in [0.15, 0.2) is 41.5 Å². The predicted octanol–water partition coefficient (Wildman–Crippen LogP) is 2.50. The van der Waals surface area contributed by atoms with Crippen LogP contribution in [0.4, 0.5) is 4.39 Å². The fourth-order valence-corrected chi connectivity index (χ4v) is 1.71. The van der Waals surface area contributed by atoms with Gasteiger partial charge in [-0.15, -0.1) is 0 Å². The maximum absolute atomic E-state index is 12.8. The van der Waals surface area contributed by atoms with Crippen molar-refractivity contribution >= 4 is 0 Å². The molecule has 16 heavy (non-hydrogen) atoms. The molecule has 0 aliphatic carbocycles. The Morgan fingerprint density at radius 3 is 2.38 bits per heavy atom. The zero-order chi connectivity index (χ0) is 11.7. The van der Waals surface area contributed by atoms with Crippen LogP contribution in [0.5, 0.6) is 0 Å². The van der Waals surface area contributed by atoms with E-state index in [9.17, 15) is 9.18 Å². The van der Waals surface area contributed by atoms with Gasteiger partial charge in [0.2, 0.25) is 0 Å². The summed E-state index contributed by atoms with van der Waals surface area (Å²) in [4.78, 5) is 11.9. The minimum absolute atomic E-state index is 0.00953. The van der Waals surface area contributed by atoms with E-state index >= 15 is 0 Å². The molecule has 2 aromatic rings. The van der Waals surface area contributed by atoms with Crippen molar-refractivity contribution in [3.05, 3.63) is 58.3 Å². The normalized spacial score (nSPS) is 10.4. The van der Waals surface area contributed by atoms with Crippen LogP contribution in [0, 0.1) is 12.7 Å². The summed E-state index contributed by atoms with van der Waals surface area (Å²) >= 11 is 0. The highest BCUT2D eigenvalue weighted by Gasteiger charge is 2.05.